The van der Waals surface area contributed by atoms with Crippen molar-refractivity contribution in [3.8, 4) is 5.69 Å². The van der Waals surface area contributed by atoms with Gasteiger partial charge in [0.25, 0.3) is 5.56 Å². The van der Waals surface area contributed by atoms with Crippen LogP contribution in [0.2, 0.25) is 5.02 Å². The first-order valence-electron chi connectivity index (χ1n) is 7.00. The molecule has 2 aromatic heterocycles. The van der Waals surface area contributed by atoms with Gasteiger partial charge >= 0.3 is 0 Å². The van der Waals surface area contributed by atoms with Crippen molar-refractivity contribution in [2.24, 2.45) is 0 Å². The number of pyridine rings is 2. The molecule has 3 aromatic rings. The molecular formula is C17H15ClN2O2. The smallest absolute Gasteiger partial charge is 0.260 e. The fourth-order valence-corrected chi connectivity index (χ4v) is 2.62. The largest absolute Gasteiger partial charge is 0.393 e. The predicted molar refractivity (Wildman–Crippen MR) is 87.7 cm³/mol. The number of aromatic nitrogens is 2. The van der Waals surface area contributed by atoms with Crippen LogP contribution in [0.25, 0.3) is 16.7 Å². The molecule has 0 fully saturated rings. The minimum Gasteiger partial charge on any atom is -0.393 e. The van der Waals surface area contributed by atoms with Crippen LogP contribution in [-0.2, 0) is 6.42 Å². The Morgan fingerprint density at radius 1 is 1.27 bits per heavy atom. The summed E-state index contributed by atoms with van der Waals surface area (Å²) in [5.41, 5.74) is 1.68. The van der Waals surface area contributed by atoms with E-state index in [-0.39, 0.29) is 5.56 Å². The maximum Gasteiger partial charge on any atom is 0.260 e. The number of fused-ring (bicyclic) bond motifs is 1. The van der Waals surface area contributed by atoms with Crippen LogP contribution in [-0.4, -0.2) is 20.8 Å². The molecule has 0 aliphatic carbocycles. The number of hydrogen-bond donors (Lipinski definition) is 1. The lowest BCUT2D eigenvalue weighted by molar-refractivity contribution is 0.195. The van der Waals surface area contributed by atoms with E-state index in [9.17, 15) is 9.90 Å². The summed E-state index contributed by atoms with van der Waals surface area (Å²) in [6.07, 6.45) is 1.38. The van der Waals surface area contributed by atoms with Crippen molar-refractivity contribution < 1.29 is 5.11 Å². The Kier molecular flexibility index (Phi) is 3.96. The lowest BCUT2D eigenvalue weighted by Crippen LogP contribution is -2.25. The van der Waals surface area contributed by atoms with Crippen LogP contribution in [0.1, 0.15) is 12.5 Å². The summed E-state index contributed by atoms with van der Waals surface area (Å²) in [5, 5.41) is 11.1. The van der Waals surface area contributed by atoms with Gasteiger partial charge in [-0.1, -0.05) is 11.6 Å². The van der Waals surface area contributed by atoms with Gasteiger partial charge in [-0.2, -0.15) is 0 Å². The number of hydrogen-bond acceptors (Lipinski definition) is 3. The highest BCUT2D eigenvalue weighted by Gasteiger charge is 2.13. The lowest BCUT2D eigenvalue weighted by atomic mass is 10.1. The summed E-state index contributed by atoms with van der Waals surface area (Å²) in [5.74, 6) is 0. The Morgan fingerprint density at radius 2 is 2.00 bits per heavy atom. The highest BCUT2D eigenvalue weighted by Crippen LogP contribution is 2.18. The van der Waals surface area contributed by atoms with Crippen molar-refractivity contribution in [3.05, 3.63) is 69.6 Å². The highest BCUT2D eigenvalue weighted by molar-refractivity contribution is 6.30. The van der Waals surface area contributed by atoms with Gasteiger partial charge in [-0.15, -0.1) is 0 Å². The molecule has 0 amide bonds. The summed E-state index contributed by atoms with van der Waals surface area (Å²) in [6, 6.07) is 12.6. The van der Waals surface area contributed by atoms with Gasteiger partial charge < -0.3 is 5.11 Å². The van der Waals surface area contributed by atoms with Crippen molar-refractivity contribution in [3.63, 3.8) is 0 Å². The molecule has 0 aliphatic rings. The molecule has 1 N–H and O–H groups in total. The molecule has 3 rings (SSSR count). The number of rotatable bonds is 3. The van der Waals surface area contributed by atoms with Crippen molar-refractivity contribution >= 4 is 22.6 Å². The average molecular weight is 315 g/mol. The minimum absolute atomic E-state index is 0.172. The van der Waals surface area contributed by atoms with Crippen LogP contribution in [0.3, 0.4) is 0 Å². The second-order valence-corrected chi connectivity index (χ2v) is 5.69. The zero-order valence-corrected chi connectivity index (χ0v) is 12.8. The second-order valence-electron chi connectivity index (χ2n) is 5.26. The SMILES string of the molecule is CC(O)Cc1cc2cccnc2n(-c2ccc(Cl)cc2)c1=O. The van der Waals surface area contributed by atoms with Gasteiger partial charge in [-0.25, -0.2) is 4.98 Å². The molecule has 0 bridgehead atoms. The Hall–Kier alpha value is -2.17. The van der Waals surface area contributed by atoms with Gasteiger partial charge in [0.05, 0.1) is 11.8 Å². The number of halogens is 1. The van der Waals surface area contributed by atoms with Gasteiger partial charge in [0.2, 0.25) is 0 Å². The summed E-state index contributed by atoms with van der Waals surface area (Å²) >= 11 is 5.92. The first-order valence-corrected chi connectivity index (χ1v) is 7.38. The van der Waals surface area contributed by atoms with Gasteiger partial charge in [0.1, 0.15) is 5.65 Å². The van der Waals surface area contributed by atoms with E-state index in [1.54, 1.807) is 48.0 Å². The van der Waals surface area contributed by atoms with E-state index < -0.39 is 6.10 Å². The zero-order chi connectivity index (χ0) is 15.7. The predicted octanol–water partition coefficient (Wildman–Crippen LogP) is 2.96. The van der Waals surface area contributed by atoms with E-state index in [4.69, 9.17) is 11.6 Å². The number of nitrogens with zero attached hydrogens (tertiary/aromatic N) is 2. The number of benzene rings is 1. The second kappa shape index (κ2) is 5.91. The van der Waals surface area contributed by atoms with E-state index >= 15 is 0 Å². The third-order valence-electron chi connectivity index (χ3n) is 3.44. The fraction of sp³-hybridized carbons (Fsp3) is 0.176. The van der Waals surface area contributed by atoms with Crippen molar-refractivity contribution in [2.45, 2.75) is 19.4 Å². The van der Waals surface area contributed by atoms with Gasteiger partial charge in [-0.3, -0.25) is 9.36 Å². The zero-order valence-electron chi connectivity index (χ0n) is 12.0. The molecule has 1 unspecified atom stereocenters. The van der Waals surface area contributed by atoms with Gasteiger partial charge in [0, 0.05) is 28.6 Å². The molecule has 5 heteroatoms. The molecule has 0 spiro atoms. The van der Waals surface area contributed by atoms with Crippen molar-refractivity contribution in [1.29, 1.82) is 0 Å². The van der Waals surface area contributed by atoms with Crippen LogP contribution in [0, 0.1) is 0 Å². The maximum absolute atomic E-state index is 12.8. The van der Waals surface area contributed by atoms with Crippen LogP contribution in [0.5, 0.6) is 0 Å². The molecule has 4 nitrogen and oxygen atoms in total. The molecule has 0 radical (unpaired) electrons. The first kappa shape index (κ1) is 14.8. The topological polar surface area (TPSA) is 55.1 Å². The summed E-state index contributed by atoms with van der Waals surface area (Å²) in [7, 11) is 0. The standard InChI is InChI=1S/C17H15ClN2O2/c1-11(21)9-13-10-12-3-2-8-19-16(12)20(17(13)22)15-6-4-14(18)5-7-15/h2-8,10-11,21H,9H2,1H3. The molecule has 0 saturated carbocycles. The van der Waals surface area contributed by atoms with Crippen molar-refractivity contribution in [2.75, 3.05) is 0 Å². The average Bonchev–Trinajstić information content (AvgIpc) is 2.49. The molecular weight excluding hydrogens is 300 g/mol. The van der Waals surface area contributed by atoms with E-state index in [2.05, 4.69) is 4.98 Å². The van der Waals surface area contributed by atoms with Crippen LogP contribution < -0.4 is 5.56 Å². The quantitative estimate of drug-likeness (QED) is 0.808. The summed E-state index contributed by atoms with van der Waals surface area (Å²) in [6.45, 7) is 1.67. The van der Waals surface area contributed by atoms with E-state index in [0.717, 1.165) is 5.39 Å². The van der Waals surface area contributed by atoms with Gasteiger partial charge in [0.15, 0.2) is 0 Å². The number of aliphatic hydroxyl groups is 1. The van der Waals surface area contributed by atoms with Gasteiger partial charge in [-0.05, 0) is 49.4 Å². The minimum atomic E-state index is -0.583. The Morgan fingerprint density at radius 3 is 2.68 bits per heavy atom. The highest BCUT2D eigenvalue weighted by atomic mass is 35.5. The van der Waals surface area contributed by atoms with Crippen LogP contribution in [0.15, 0.2) is 53.5 Å². The van der Waals surface area contributed by atoms with Crippen LogP contribution in [0.4, 0.5) is 0 Å². The normalized spacial score (nSPS) is 12.5. The molecule has 0 aliphatic heterocycles. The molecule has 112 valence electrons. The number of aliphatic hydroxyl groups excluding tert-OH is 1. The molecule has 0 saturated heterocycles. The molecule has 1 aromatic carbocycles. The molecule has 22 heavy (non-hydrogen) atoms. The fourth-order valence-electron chi connectivity index (χ4n) is 2.49. The Balaban J connectivity index is 2.32. The molecule has 1 atom stereocenters. The summed E-state index contributed by atoms with van der Waals surface area (Å²) in [4.78, 5) is 17.1. The lowest BCUT2D eigenvalue weighted by Gasteiger charge is -2.13. The summed E-state index contributed by atoms with van der Waals surface area (Å²) < 4.78 is 1.56. The van der Waals surface area contributed by atoms with Crippen LogP contribution >= 0.6 is 11.6 Å². The molecule has 2 heterocycles. The first-order chi connectivity index (χ1) is 10.6. The third-order valence-corrected chi connectivity index (χ3v) is 3.69. The van der Waals surface area contributed by atoms with E-state index in [0.29, 0.717) is 28.3 Å². The Bertz CT molecular complexity index is 870. The maximum atomic E-state index is 12.8. The Labute approximate surface area is 132 Å². The van der Waals surface area contributed by atoms with E-state index in [1.807, 2.05) is 12.1 Å². The monoisotopic (exact) mass is 314 g/mol. The van der Waals surface area contributed by atoms with Crippen molar-refractivity contribution in [1.82, 2.24) is 9.55 Å². The third kappa shape index (κ3) is 2.75. The van der Waals surface area contributed by atoms with E-state index in [1.165, 1.54) is 0 Å².